The predicted molar refractivity (Wildman–Crippen MR) is 122 cm³/mol. The van der Waals surface area contributed by atoms with E-state index in [2.05, 4.69) is 0 Å². The molecule has 0 saturated heterocycles. The van der Waals surface area contributed by atoms with Crippen LogP contribution in [0.15, 0.2) is 76.2 Å². The highest BCUT2D eigenvalue weighted by molar-refractivity contribution is 8.02. The number of allylic oxidation sites excluding steroid dienone is 2. The van der Waals surface area contributed by atoms with Crippen LogP contribution >= 0.6 is 23.4 Å². The number of ketones is 1. The molecule has 4 nitrogen and oxygen atoms in total. The van der Waals surface area contributed by atoms with E-state index < -0.39 is 15.6 Å². The first-order chi connectivity index (χ1) is 14.2. The van der Waals surface area contributed by atoms with E-state index in [4.69, 9.17) is 11.6 Å². The van der Waals surface area contributed by atoms with Crippen LogP contribution in [0.25, 0.3) is 0 Å². The average Bonchev–Trinajstić information content (AvgIpc) is 2.97. The standard InChI is InChI=1S/C23H22ClNO3S2/c1-15-4-10-20(11-5-15)30(27,28)25-16(2)22(29-3)21-14-19(26)12-13-23(21,25)17-6-8-18(24)9-7-17/h4-13,21H,14H2,1-3H3/t21-,23+/m0/s1. The molecule has 0 bridgehead atoms. The second-order valence-corrected chi connectivity index (χ2v) is 10.7. The molecule has 4 rings (SSSR count). The van der Waals surface area contributed by atoms with Crippen LogP contribution in [0, 0.1) is 12.8 Å². The van der Waals surface area contributed by atoms with Gasteiger partial charge in [0.2, 0.25) is 0 Å². The number of sulfonamides is 1. The van der Waals surface area contributed by atoms with Gasteiger partial charge in [-0.05, 0) is 62.1 Å². The Morgan fingerprint density at radius 2 is 1.70 bits per heavy atom. The Morgan fingerprint density at radius 1 is 1.07 bits per heavy atom. The molecule has 1 heterocycles. The molecule has 30 heavy (non-hydrogen) atoms. The van der Waals surface area contributed by atoms with Crippen molar-refractivity contribution in [1.29, 1.82) is 0 Å². The van der Waals surface area contributed by atoms with Crippen molar-refractivity contribution in [2.75, 3.05) is 6.26 Å². The van der Waals surface area contributed by atoms with E-state index >= 15 is 0 Å². The molecule has 2 aromatic carbocycles. The molecule has 1 aliphatic heterocycles. The summed E-state index contributed by atoms with van der Waals surface area (Å²) in [4.78, 5) is 13.5. The van der Waals surface area contributed by atoms with Gasteiger partial charge >= 0.3 is 0 Å². The lowest BCUT2D eigenvalue weighted by atomic mass is 9.74. The van der Waals surface area contributed by atoms with E-state index in [-0.39, 0.29) is 23.0 Å². The monoisotopic (exact) mass is 459 g/mol. The Balaban J connectivity index is 2.01. The minimum Gasteiger partial charge on any atom is -0.295 e. The number of aryl methyl sites for hydroxylation is 1. The van der Waals surface area contributed by atoms with Crippen molar-refractivity contribution in [2.24, 2.45) is 5.92 Å². The fourth-order valence-electron chi connectivity index (χ4n) is 4.51. The van der Waals surface area contributed by atoms with Crippen molar-refractivity contribution >= 4 is 39.2 Å². The Hall–Kier alpha value is -2.02. The lowest BCUT2D eigenvalue weighted by Gasteiger charge is -2.43. The molecule has 0 saturated carbocycles. The molecule has 2 aromatic rings. The van der Waals surface area contributed by atoms with Gasteiger partial charge in [-0.15, -0.1) is 11.8 Å². The Labute approximate surface area is 186 Å². The molecule has 0 spiro atoms. The maximum Gasteiger partial charge on any atom is 0.265 e. The Kier molecular flexibility index (Phi) is 5.37. The number of hydrogen-bond acceptors (Lipinski definition) is 4. The molecule has 2 atom stereocenters. The smallest absolute Gasteiger partial charge is 0.265 e. The van der Waals surface area contributed by atoms with Crippen LogP contribution in [-0.2, 0) is 20.4 Å². The number of carbonyl (C=O) groups excluding carboxylic acids is 1. The van der Waals surface area contributed by atoms with E-state index in [9.17, 15) is 13.2 Å². The fraction of sp³-hybridized carbons (Fsp3) is 0.261. The average molecular weight is 460 g/mol. The first-order valence-electron chi connectivity index (χ1n) is 9.57. The molecule has 0 amide bonds. The summed E-state index contributed by atoms with van der Waals surface area (Å²) in [7, 11) is -3.89. The maximum atomic E-state index is 13.9. The molecular weight excluding hydrogens is 438 g/mol. The lowest BCUT2D eigenvalue weighted by molar-refractivity contribution is -0.116. The van der Waals surface area contributed by atoms with Gasteiger partial charge in [-0.1, -0.05) is 41.4 Å². The summed E-state index contributed by atoms with van der Waals surface area (Å²) >= 11 is 7.62. The number of nitrogens with zero attached hydrogens (tertiary/aromatic N) is 1. The van der Waals surface area contributed by atoms with Crippen molar-refractivity contribution in [1.82, 2.24) is 4.31 Å². The van der Waals surface area contributed by atoms with Crippen molar-refractivity contribution in [3.8, 4) is 0 Å². The molecule has 0 N–H and O–H groups in total. The number of rotatable bonds is 4. The molecule has 1 aliphatic carbocycles. The third kappa shape index (κ3) is 3.13. The SMILES string of the molecule is CSC1=C(C)N(S(=O)(=O)c2ccc(C)cc2)[C@@]2(c3ccc(Cl)cc3)C=CC(=O)C[C@@H]12. The van der Waals surface area contributed by atoms with E-state index in [1.807, 2.05) is 32.2 Å². The van der Waals surface area contributed by atoms with Gasteiger partial charge in [0.1, 0.15) is 5.54 Å². The van der Waals surface area contributed by atoms with Gasteiger partial charge in [-0.25, -0.2) is 8.42 Å². The summed E-state index contributed by atoms with van der Waals surface area (Å²) < 4.78 is 29.4. The number of benzene rings is 2. The Bertz CT molecular complexity index is 1170. The normalized spacial score (nSPS) is 23.8. The number of halogens is 1. The zero-order valence-electron chi connectivity index (χ0n) is 16.9. The van der Waals surface area contributed by atoms with E-state index in [0.29, 0.717) is 10.7 Å². The van der Waals surface area contributed by atoms with E-state index in [1.165, 1.54) is 22.1 Å². The number of carbonyl (C=O) groups is 1. The summed E-state index contributed by atoms with van der Waals surface area (Å²) in [5.41, 5.74) is 1.42. The van der Waals surface area contributed by atoms with Crippen LogP contribution in [0.1, 0.15) is 24.5 Å². The summed E-state index contributed by atoms with van der Waals surface area (Å²) in [6.07, 6.45) is 5.45. The summed E-state index contributed by atoms with van der Waals surface area (Å²) in [6, 6.07) is 14.1. The topological polar surface area (TPSA) is 54.5 Å². The van der Waals surface area contributed by atoms with Gasteiger partial charge in [0.05, 0.1) is 4.90 Å². The van der Waals surface area contributed by atoms with Crippen LogP contribution in [0.2, 0.25) is 5.02 Å². The van der Waals surface area contributed by atoms with Crippen LogP contribution in [0.3, 0.4) is 0 Å². The van der Waals surface area contributed by atoms with Gasteiger partial charge in [0.15, 0.2) is 5.78 Å². The third-order valence-corrected chi connectivity index (χ3v) is 9.06. The van der Waals surface area contributed by atoms with Crippen LogP contribution in [-0.4, -0.2) is 24.8 Å². The second kappa shape index (κ2) is 7.59. The van der Waals surface area contributed by atoms with Crippen molar-refractivity contribution in [3.63, 3.8) is 0 Å². The van der Waals surface area contributed by atoms with Crippen molar-refractivity contribution in [3.05, 3.63) is 87.4 Å². The van der Waals surface area contributed by atoms with Crippen LogP contribution in [0.5, 0.6) is 0 Å². The molecule has 156 valence electrons. The summed E-state index contributed by atoms with van der Waals surface area (Å²) in [5.74, 6) is -0.287. The molecule has 0 unspecified atom stereocenters. The highest BCUT2D eigenvalue weighted by Gasteiger charge is 2.57. The Morgan fingerprint density at radius 3 is 2.30 bits per heavy atom. The van der Waals surface area contributed by atoms with E-state index in [0.717, 1.165) is 16.0 Å². The summed E-state index contributed by atoms with van der Waals surface area (Å²) in [5, 5.41) is 0.572. The largest absolute Gasteiger partial charge is 0.295 e. The zero-order valence-corrected chi connectivity index (χ0v) is 19.3. The number of hydrogen-bond donors (Lipinski definition) is 0. The minimum absolute atomic E-state index is 0.00137. The van der Waals surface area contributed by atoms with Crippen molar-refractivity contribution in [2.45, 2.75) is 30.7 Å². The first kappa shape index (κ1) is 21.2. The van der Waals surface area contributed by atoms with Crippen LogP contribution < -0.4 is 0 Å². The predicted octanol–water partition coefficient (Wildman–Crippen LogP) is 5.29. The molecule has 7 heteroatoms. The van der Waals surface area contributed by atoms with Gasteiger partial charge in [-0.3, -0.25) is 9.10 Å². The molecular formula is C23H22ClNO3S2. The number of fused-ring (bicyclic) bond motifs is 1. The van der Waals surface area contributed by atoms with Gasteiger partial charge in [-0.2, -0.15) is 0 Å². The molecule has 0 radical (unpaired) electrons. The van der Waals surface area contributed by atoms with Gasteiger partial charge in [0, 0.05) is 28.0 Å². The maximum absolute atomic E-state index is 13.9. The third-order valence-electron chi connectivity index (χ3n) is 5.86. The van der Waals surface area contributed by atoms with E-state index in [1.54, 1.807) is 42.5 Å². The first-order valence-corrected chi connectivity index (χ1v) is 12.6. The van der Waals surface area contributed by atoms with Gasteiger partial charge in [0.25, 0.3) is 10.0 Å². The lowest BCUT2D eigenvalue weighted by Crippen LogP contribution is -2.49. The molecule has 0 aromatic heterocycles. The highest BCUT2D eigenvalue weighted by atomic mass is 35.5. The van der Waals surface area contributed by atoms with Crippen molar-refractivity contribution < 1.29 is 13.2 Å². The fourth-order valence-corrected chi connectivity index (χ4v) is 7.47. The summed E-state index contributed by atoms with van der Waals surface area (Å²) in [6.45, 7) is 3.75. The highest BCUT2D eigenvalue weighted by Crippen LogP contribution is 2.57. The minimum atomic E-state index is -3.89. The van der Waals surface area contributed by atoms with Gasteiger partial charge < -0.3 is 0 Å². The molecule has 2 aliphatic rings. The second-order valence-electron chi connectivity index (χ2n) is 7.62. The quantitative estimate of drug-likeness (QED) is 0.623. The number of thioether (sulfide) groups is 1. The molecule has 0 fully saturated rings. The zero-order chi connectivity index (χ0) is 21.7. The van der Waals surface area contributed by atoms with Crippen LogP contribution in [0.4, 0.5) is 0 Å².